The van der Waals surface area contributed by atoms with Gasteiger partial charge in [0.05, 0.1) is 6.61 Å². The molecule has 1 saturated heterocycles. The predicted octanol–water partition coefficient (Wildman–Crippen LogP) is 2.90. The largest absolute Gasteiger partial charge is 0.487 e. The zero-order valence-electron chi connectivity index (χ0n) is 12.8. The molecule has 0 saturated carbocycles. The maximum atomic E-state index is 6.11. The summed E-state index contributed by atoms with van der Waals surface area (Å²) in [4.78, 5) is 0. The van der Waals surface area contributed by atoms with E-state index < -0.39 is 0 Å². The van der Waals surface area contributed by atoms with E-state index in [4.69, 9.17) is 14.2 Å². The van der Waals surface area contributed by atoms with E-state index in [1.807, 2.05) is 24.3 Å². The van der Waals surface area contributed by atoms with Crippen LogP contribution in [0.4, 0.5) is 0 Å². The van der Waals surface area contributed by atoms with Crippen molar-refractivity contribution in [3.05, 3.63) is 24.3 Å². The van der Waals surface area contributed by atoms with Crippen molar-refractivity contribution in [1.29, 1.82) is 0 Å². The summed E-state index contributed by atoms with van der Waals surface area (Å²) < 4.78 is 16.8. The Labute approximate surface area is 133 Å². The van der Waals surface area contributed by atoms with E-state index in [1.165, 1.54) is 12.8 Å². The van der Waals surface area contributed by atoms with Gasteiger partial charge in [0, 0.05) is 19.6 Å². The SMILES string of the molecule is COCCOc1ccccc1O[C@@H](C)C1CCCNC1.Cl. The van der Waals surface area contributed by atoms with Crippen LogP contribution in [0, 0.1) is 5.92 Å². The van der Waals surface area contributed by atoms with Crippen LogP contribution >= 0.6 is 12.4 Å². The fourth-order valence-electron chi connectivity index (χ4n) is 2.48. The topological polar surface area (TPSA) is 39.7 Å². The number of methoxy groups -OCH3 is 1. The monoisotopic (exact) mass is 315 g/mol. The van der Waals surface area contributed by atoms with Gasteiger partial charge in [0.1, 0.15) is 12.7 Å². The Morgan fingerprint density at radius 1 is 1.24 bits per heavy atom. The quantitative estimate of drug-likeness (QED) is 0.785. The first-order valence-corrected chi connectivity index (χ1v) is 7.39. The van der Waals surface area contributed by atoms with Gasteiger partial charge in [-0.15, -0.1) is 12.4 Å². The Morgan fingerprint density at radius 2 is 2.00 bits per heavy atom. The first-order valence-electron chi connectivity index (χ1n) is 7.39. The van der Waals surface area contributed by atoms with Gasteiger partial charge < -0.3 is 19.5 Å². The molecule has 1 aliphatic heterocycles. The summed E-state index contributed by atoms with van der Waals surface area (Å²) in [6, 6.07) is 7.85. The number of para-hydroxylation sites is 2. The van der Waals surface area contributed by atoms with Crippen molar-refractivity contribution in [1.82, 2.24) is 5.32 Å². The second-order valence-corrected chi connectivity index (χ2v) is 5.22. The molecule has 0 radical (unpaired) electrons. The van der Waals surface area contributed by atoms with E-state index in [9.17, 15) is 0 Å². The Kier molecular flexibility index (Phi) is 8.50. The van der Waals surface area contributed by atoms with Gasteiger partial charge in [0.25, 0.3) is 0 Å². The van der Waals surface area contributed by atoms with E-state index in [-0.39, 0.29) is 18.5 Å². The van der Waals surface area contributed by atoms with E-state index in [1.54, 1.807) is 7.11 Å². The molecule has 0 amide bonds. The lowest BCUT2D eigenvalue weighted by atomic mass is 9.94. The van der Waals surface area contributed by atoms with Crippen LogP contribution in [0.25, 0.3) is 0 Å². The molecule has 120 valence electrons. The second kappa shape index (κ2) is 9.87. The number of hydrogen-bond donors (Lipinski definition) is 1. The fraction of sp³-hybridized carbons (Fsp3) is 0.625. The lowest BCUT2D eigenvalue weighted by molar-refractivity contribution is 0.117. The van der Waals surface area contributed by atoms with Crippen molar-refractivity contribution >= 4 is 12.4 Å². The molecule has 0 spiro atoms. The number of benzene rings is 1. The number of piperidine rings is 1. The van der Waals surface area contributed by atoms with Crippen LogP contribution < -0.4 is 14.8 Å². The van der Waals surface area contributed by atoms with Gasteiger partial charge in [-0.1, -0.05) is 12.1 Å². The van der Waals surface area contributed by atoms with Crippen molar-refractivity contribution in [2.75, 3.05) is 33.4 Å². The smallest absolute Gasteiger partial charge is 0.161 e. The molecule has 1 aromatic carbocycles. The van der Waals surface area contributed by atoms with Gasteiger partial charge in [0.2, 0.25) is 0 Å². The minimum atomic E-state index is 0. The Morgan fingerprint density at radius 3 is 2.67 bits per heavy atom. The highest BCUT2D eigenvalue weighted by Gasteiger charge is 2.22. The van der Waals surface area contributed by atoms with Crippen LogP contribution in [0.5, 0.6) is 11.5 Å². The highest BCUT2D eigenvalue weighted by atomic mass is 35.5. The molecule has 1 aliphatic rings. The van der Waals surface area contributed by atoms with Crippen molar-refractivity contribution in [3.63, 3.8) is 0 Å². The Hall–Kier alpha value is -0.970. The van der Waals surface area contributed by atoms with Gasteiger partial charge >= 0.3 is 0 Å². The molecule has 5 heteroatoms. The highest BCUT2D eigenvalue weighted by Crippen LogP contribution is 2.29. The van der Waals surface area contributed by atoms with Gasteiger partial charge in [-0.25, -0.2) is 0 Å². The molecule has 0 aliphatic carbocycles. The lowest BCUT2D eigenvalue weighted by Gasteiger charge is -2.29. The van der Waals surface area contributed by atoms with Crippen LogP contribution in [-0.4, -0.2) is 39.5 Å². The molecule has 1 N–H and O–H groups in total. The molecule has 0 bridgehead atoms. The minimum Gasteiger partial charge on any atom is -0.487 e. The van der Waals surface area contributed by atoms with Crippen LogP contribution in [0.1, 0.15) is 19.8 Å². The lowest BCUT2D eigenvalue weighted by Crippen LogP contribution is -2.37. The van der Waals surface area contributed by atoms with Crippen molar-refractivity contribution in [3.8, 4) is 11.5 Å². The van der Waals surface area contributed by atoms with E-state index >= 15 is 0 Å². The van der Waals surface area contributed by atoms with Gasteiger partial charge in [-0.2, -0.15) is 0 Å². The minimum absolute atomic E-state index is 0. The molecule has 0 aromatic heterocycles. The maximum absolute atomic E-state index is 6.11. The summed E-state index contributed by atoms with van der Waals surface area (Å²) in [6.07, 6.45) is 2.64. The molecule has 4 nitrogen and oxygen atoms in total. The standard InChI is InChI=1S/C16H25NO3.ClH/c1-13(14-6-5-9-17-12-14)20-16-8-4-3-7-15(16)19-11-10-18-2;/h3-4,7-8,13-14,17H,5-6,9-12H2,1-2H3;1H/t13-,14?;/m0./s1. The number of rotatable bonds is 7. The van der Waals surface area contributed by atoms with E-state index in [0.29, 0.717) is 19.1 Å². The van der Waals surface area contributed by atoms with Gasteiger partial charge in [-0.05, 0) is 38.4 Å². The van der Waals surface area contributed by atoms with Crippen LogP contribution in [-0.2, 0) is 4.74 Å². The summed E-state index contributed by atoms with van der Waals surface area (Å²) in [5.41, 5.74) is 0. The number of nitrogens with one attached hydrogen (secondary N) is 1. The first-order chi connectivity index (χ1) is 9.81. The average Bonchev–Trinajstić information content (AvgIpc) is 2.50. The Bertz CT molecular complexity index is 397. The van der Waals surface area contributed by atoms with Crippen LogP contribution in [0.3, 0.4) is 0 Å². The second-order valence-electron chi connectivity index (χ2n) is 5.22. The summed E-state index contributed by atoms with van der Waals surface area (Å²) in [7, 11) is 1.67. The number of ether oxygens (including phenoxy) is 3. The third-order valence-corrected chi connectivity index (χ3v) is 3.71. The summed E-state index contributed by atoms with van der Waals surface area (Å²) in [5.74, 6) is 2.18. The molecule has 1 heterocycles. The molecule has 2 rings (SSSR count). The molecule has 1 unspecified atom stereocenters. The summed E-state index contributed by atoms with van der Waals surface area (Å²) >= 11 is 0. The molecule has 2 atom stereocenters. The van der Waals surface area contributed by atoms with Crippen LogP contribution in [0.15, 0.2) is 24.3 Å². The maximum Gasteiger partial charge on any atom is 0.161 e. The molecule has 1 fully saturated rings. The zero-order valence-corrected chi connectivity index (χ0v) is 13.7. The van der Waals surface area contributed by atoms with Crippen LogP contribution in [0.2, 0.25) is 0 Å². The van der Waals surface area contributed by atoms with Crippen molar-refractivity contribution in [2.45, 2.75) is 25.9 Å². The van der Waals surface area contributed by atoms with E-state index in [2.05, 4.69) is 12.2 Å². The number of halogens is 1. The third-order valence-electron chi connectivity index (χ3n) is 3.71. The average molecular weight is 316 g/mol. The molecular formula is C16H26ClNO3. The van der Waals surface area contributed by atoms with Crippen molar-refractivity contribution in [2.24, 2.45) is 5.92 Å². The normalized spacial score (nSPS) is 19.4. The summed E-state index contributed by atoms with van der Waals surface area (Å²) in [5, 5.41) is 3.43. The highest BCUT2D eigenvalue weighted by molar-refractivity contribution is 5.85. The van der Waals surface area contributed by atoms with Gasteiger partial charge in [-0.3, -0.25) is 0 Å². The number of hydrogen-bond acceptors (Lipinski definition) is 4. The summed E-state index contributed by atoms with van der Waals surface area (Å²) in [6.45, 7) is 5.42. The molecule has 21 heavy (non-hydrogen) atoms. The van der Waals surface area contributed by atoms with E-state index in [0.717, 1.165) is 24.6 Å². The molecule has 1 aromatic rings. The molecular weight excluding hydrogens is 290 g/mol. The third kappa shape index (κ3) is 5.73. The Balaban J connectivity index is 0.00000220. The predicted molar refractivity (Wildman–Crippen MR) is 86.7 cm³/mol. The van der Waals surface area contributed by atoms with Gasteiger partial charge in [0.15, 0.2) is 11.5 Å². The van der Waals surface area contributed by atoms with Crippen molar-refractivity contribution < 1.29 is 14.2 Å². The first kappa shape index (κ1) is 18.1. The fourth-order valence-corrected chi connectivity index (χ4v) is 2.48. The zero-order chi connectivity index (χ0) is 14.2.